The average Bonchev–Trinajstić information content (AvgIpc) is 2.99. The number of aromatic amines is 1. The van der Waals surface area contributed by atoms with Gasteiger partial charge in [-0.1, -0.05) is 11.6 Å². The molecule has 7 nitrogen and oxygen atoms in total. The van der Waals surface area contributed by atoms with Gasteiger partial charge in [-0.3, -0.25) is 14.3 Å². The number of nitrogens with one attached hydrogen (secondary N) is 2. The summed E-state index contributed by atoms with van der Waals surface area (Å²) in [5.74, 6) is -0.548. The van der Waals surface area contributed by atoms with Gasteiger partial charge in [-0.15, -0.1) is 0 Å². The van der Waals surface area contributed by atoms with E-state index in [0.717, 1.165) is 16.7 Å². The molecule has 1 aliphatic rings. The quantitative estimate of drug-likeness (QED) is 0.666. The van der Waals surface area contributed by atoms with E-state index in [0.29, 0.717) is 25.3 Å². The number of imidazole rings is 1. The Morgan fingerprint density at radius 2 is 2.07 bits per heavy atom. The van der Waals surface area contributed by atoms with Gasteiger partial charge in [-0.25, -0.2) is 9.18 Å². The number of piperazine rings is 1. The predicted molar refractivity (Wildman–Crippen MR) is 117 cm³/mol. The maximum absolute atomic E-state index is 13.8. The second kappa shape index (κ2) is 8.12. The molecule has 0 bridgehead atoms. The predicted octanol–water partition coefficient (Wildman–Crippen LogP) is 2.81. The van der Waals surface area contributed by atoms with Gasteiger partial charge in [-0.05, 0) is 43.3 Å². The number of hydrogen-bond donors (Lipinski definition) is 2. The number of hydrogen-bond acceptors (Lipinski definition) is 4. The molecule has 2 aromatic carbocycles. The number of aromatic nitrogens is 2. The zero-order valence-electron chi connectivity index (χ0n) is 16.8. The van der Waals surface area contributed by atoms with E-state index in [1.165, 1.54) is 10.6 Å². The van der Waals surface area contributed by atoms with Crippen LogP contribution in [0.15, 0.2) is 41.2 Å². The summed E-state index contributed by atoms with van der Waals surface area (Å²) in [6.07, 6.45) is 0. The summed E-state index contributed by atoms with van der Waals surface area (Å²) < 4.78 is 15.3. The lowest BCUT2D eigenvalue weighted by Gasteiger charge is -2.40. The van der Waals surface area contributed by atoms with Crippen LogP contribution in [0.3, 0.4) is 0 Å². The first-order valence-electron chi connectivity index (χ1n) is 9.74. The fraction of sp³-hybridized carbons (Fsp3) is 0.333. The number of fused-ring (bicyclic) bond motifs is 1. The molecule has 1 atom stereocenters. The normalized spacial score (nSPS) is 17.5. The highest BCUT2D eigenvalue weighted by Gasteiger charge is 2.26. The Morgan fingerprint density at radius 1 is 1.27 bits per heavy atom. The summed E-state index contributed by atoms with van der Waals surface area (Å²) in [5, 5.41) is 3.02. The van der Waals surface area contributed by atoms with Crippen LogP contribution >= 0.6 is 11.6 Å². The molecule has 1 aromatic heterocycles. The van der Waals surface area contributed by atoms with Crippen LogP contribution in [0.5, 0.6) is 0 Å². The SMILES string of the molecule is C[C@@H]1CN(c2ccc(Cl)c(F)c2)CCN1CC(=O)Nc1ccc2[nH]c(=O)n(C)c2c1. The van der Waals surface area contributed by atoms with Gasteiger partial charge in [0.05, 0.1) is 22.6 Å². The fourth-order valence-corrected chi connectivity index (χ4v) is 3.95. The van der Waals surface area contributed by atoms with E-state index in [1.54, 1.807) is 31.3 Å². The van der Waals surface area contributed by atoms with Crippen molar-refractivity contribution in [3.63, 3.8) is 0 Å². The van der Waals surface area contributed by atoms with E-state index in [9.17, 15) is 14.0 Å². The fourth-order valence-electron chi connectivity index (χ4n) is 3.83. The molecule has 0 radical (unpaired) electrons. The lowest BCUT2D eigenvalue weighted by atomic mass is 10.1. The number of rotatable bonds is 4. The lowest BCUT2D eigenvalue weighted by molar-refractivity contribution is -0.117. The van der Waals surface area contributed by atoms with Gasteiger partial charge in [0, 0.05) is 44.1 Å². The molecule has 3 aromatic rings. The average molecular weight is 432 g/mol. The number of aryl methyl sites for hydroxylation is 1. The molecule has 1 saturated heterocycles. The maximum Gasteiger partial charge on any atom is 0.326 e. The van der Waals surface area contributed by atoms with Gasteiger partial charge in [0.25, 0.3) is 0 Å². The van der Waals surface area contributed by atoms with Crippen molar-refractivity contribution in [2.75, 3.05) is 36.4 Å². The number of amides is 1. The summed E-state index contributed by atoms with van der Waals surface area (Å²) in [6, 6.07) is 10.3. The molecule has 0 unspecified atom stereocenters. The van der Waals surface area contributed by atoms with Crippen LogP contribution in [-0.4, -0.2) is 52.6 Å². The molecular formula is C21H23ClFN5O2. The Morgan fingerprint density at radius 3 is 2.80 bits per heavy atom. The zero-order valence-corrected chi connectivity index (χ0v) is 17.5. The van der Waals surface area contributed by atoms with Crippen LogP contribution in [-0.2, 0) is 11.8 Å². The Hall–Kier alpha value is -2.84. The summed E-state index contributed by atoms with van der Waals surface area (Å²) in [4.78, 5) is 31.2. The number of halogens is 2. The van der Waals surface area contributed by atoms with Gasteiger partial charge in [0.15, 0.2) is 0 Å². The van der Waals surface area contributed by atoms with Crippen molar-refractivity contribution < 1.29 is 9.18 Å². The molecular weight excluding hydrogens is 409 g/mol. The van der Waals surface area contributed by atoms with Crippen molar-refractivity contribution in [3.05, 3.63) is 57.7 Å². The number of anilines is 2. The van der Waals surface area contributed by atoms with Gasteiger partial charge >= 0.3 is 5.69 Å². The zero-order chi connectivity index (χ0) is 21.4. The number of carbonyl (C=O) groups is 1. The lowest BCUT2D eigenvalue weighted by Crippen LogP contribution is -2.53. The number of carbonyl (C=O) groups excluding carboxylic acids is 1. The van der Waals surface area contributed by atoms with Crippen molar-refractivity contribution in [1.82, 2.24) is 14.5 Å². The van der Waals surface area contributed by atoms with Crippen molar-refractivity contribution in [1.29, 1.82) is 0 Å². The molecule has 4 rings (SSSR count). The van der Waals surface area contributed by atoms with Gasteiger partial charge < -0.3 is 15.2 Å². The first-order chi connectivity index (χ1) is 14.3. The molecule has 1 amide bonds. The molecule has 0 spiro atoms. The maximum atomic E-state index is 13.8. The number of H-pyrrole nitrogens is 1. The van der Waals surface area contributed by atoms with Gasteiger partial charge in [0.2, 0.25) is 5.91 Å². The third kappa shape index (κ3) is 4.06. The molecule has 1 aliphatic heterocycles. The molecule has 1 fully saturated rings. The van der Waals surface area contributed by atoms with Crippen LogP contribution < -0.4 is 15.9 Å². The topological polar surface area (TPSA) is 73.4 Å². The first kappa shape index (κ1) is 20.4. The van der Waals surface area contributed by atoms with Crippen LogP contribution in [0.25, 0.3) is 11.0 Å². The largest absolute Gasteiger partial charge is 0.369 e. The Kier molecular flexibility index (Phi) is 5.53. The standard InChI is InChI=1S/C21H23ClFN5O2/c1-13-11-28(15-4-5-16(22)17(23)10-15)8-7-27(13)12-20(29)24-14-3-6-18-19(9-14)26(2)21(30)25-18/h3-6,9-10,13H,7-8,11-12H2,1-2H3,(H,24,29)(H,25,30)/t13-/m1/s1. The molecule has 30 heavy (non-hydrogen) atoms. The highest BCUT2D eigenvalue weighted by atomic mass is 35.5. The molecule has 158 valence electrons. The summed E-state index contributed by atoms with van der Waals surface area (Å²) in [7, 11) is 1.68. The summed E-state index contributed by atoms with van der Waals surface area (Å²) in [5.41, 5.74) is 2.70. The Bertz CT molecular complexity index is 1160. The van der Waals surface area contributed by atoms with Crippen LogP contribution in [0, 0.1) is 5.82 Å². The Labute approximate surface area is 178 Å². The van der Waals surface area contributed by atoms with E-state index < -0.39 is 5.82 Å². The third-order valence-electron chi connectivity index (χ3n) is 5.57. The number of nitrogens with zero attached hydrogens (tertiary/aromatic N) is 3. The van der Waals surface area contributed by atoms with E-state index >= 15 is 0 Å². The molecule has 9 heteroatoms. The Balaban J connectivity index is 1.37. The third-order valence-corrected chi connectivity index (χ3v) is 5.88. The summed E-state index contributed by atoms with van der Waals surface area (Å²) >= 11 is 5.77. The van der Waals surface area contributed by atoms with E-state index in [4.69, 9.17) is 11.6 Å². The molecule has 2 N–H and O–H groups in total. The van der Waals surface area contributed by atoms with Crippen molar-refractivity contribution in [3.8, 4) is 0 Å². The smallest absolute Gasteiger partial charge is 0.326 e. The summed E-state index contributed by atoms with van der Waals surface area (Å²) in [6.45, 7) is 4.37. The highest BCUT2D eigenvalue weighted by Crippen LogP contribution is 2.24. The van der Waals surface area contributed by atoms with Crippen LogP contribution in [0.2, 0.25) is 5.02 Å². The molecule has 0 saturated carbocycles. The monoisotopic (exact) mass is 431 g/mol. The molecule has 0 aliphatic carbocycles. The minimum Gasteiger partial charge on any atom is -0.369 e. The minimum atomic E-state index is -0.430. The second-order valence-electron chi connectivity index (χ2n) is 7.63. The van der Waals surface area contributed by atoms with Crippen LogP contribution in [0.1, 0.15) is 6.92 Å². The minimum absolute atomic E-state index is 0.111. The molecule has 2 heterocycles. The second-order valence-corrected chi connectivity index (χ2v) is 8.04. The van der Waals surface area contributed by atoms with E-state index in [2.05, 4.69) is 20.1 Å². The van der Waals surface area contributed by atoms with E-state index in [-0.39, 0.29) is 29.2 Å². The highest BCUT2D eigenvalue weighted by molar-refractivity contribution is 6.30. The van der Waals surface area contributed by atoms with Crippen molar-refractivity contribution in [2.24, 2.45) is 7.05 Å². The number of benzene rings is 2. The van der Waals surface area contributed by atoms with Crippen molar-refractivity contribution >= 4 is 39.9 Å². The van der Waals surface area contributed by atoms with Gasteiger partial charge in [-0.2, -0.15) is 0 Å². The van der Waals surface area contributed by atoms with Gasteiger partial charge in [0.1, 0.15) is 5.82 Å². The first-order valence-corrected chi connectivity index (χ1v) is 10.1. The van der Waals surface area contributed by atoms with E-state index in [1.807, 2.05) is 13.0 Å². The van der Waals surface area contributed by atoms with Crippen LogP contribution in [0.4, 0.5) is 15.8 Å². The van der Waals surface area contributed by atoms with Crippen molar-refractivity contribution in [2.45, 2.75) is 13.0 Å².